The summed E-state index contributed by atoms with van der Waals surface area (Å²) in [6.07, 6.45) is 5.69. The fourth-order valence-electron chi connectivity index (χ4n) is 7.20. The summed E-state index contributed by atoms with van der Waals surface area (Å²) in [7, 11) is 1.88. The first-order valence-corrected chi connectivity index (χ1v) is 15.6. The Morgan fingerprint density at radius 2 is 1.82 bits per heavy atom. The molecule has 2 aromatic carbocycles. The second-order valence-electron chi connectivity index (χ2n) is 12.3. The Kier molecular flexibility index (Phi) is 8.26. The number of carbonyl (C=O) groups is 2. The second kappa shape index (κ2) is 12.1. The number of carbonyl (C=O) groups excluding carboxylic acids is 2. The second-order valence-corrected chi connectivity index (χ2v) is 12.3. The van der Waals surface area contributed by atoms with Crippen molar-refractivity contribution in [2.75, 3.05) is 18.5 Å². The Balaban J connectivity index is 1.43. The van der Waals surface area contributed by atoms with E-state index < -0.39 is 17.7 Å². The van der Waals surface area contributed by atoms with Crippen molar-refractivity contribution in [2.45, 2.75) is 84.2 Å². The van der Waals surface area contributed by atoms with Crippen molar-refractivity contribution < 1.29 is 22.9 Å². The van der Waals surface area contributed by atoms with Gasteiger partial charge >= 0.3 is 0 Å². The molecule has 6 rings (SSSR count). The summed E-state index contributed by atoms with van der Waals surface area (Å²) in [5.41, 5.74) is 4.70. The SMILES string of the molecule is CCCN(C)C(=O)C1CCC(n2c([C@@H]3CCCC(=O)N3c3ccc(F)c(F)c3)nc3cc(-c4c(C)noc4C)ccc32)CC1. The minimum absolute atomic E-state index is 0.0119. The van der Waals surface area contributed by atoms with E-state index in [0.717, 1.165) is 90.2 Å². The Hall–Kier alpha value is -4.08. The molecule has 3 heterocycles. The van der Waals surface area contributed by atoms with Crippen LogP contribution in [0.4, 0.5) is 14.5 Å². The molecular weight excluding hydrogens is 564 g/mol. The lowest BCUT2D eigenvalue weighted by molar-refractivity contribution is -0.135. The van der Waals surface area contributed by atoms with E-state index in [9.17, 15) is 18.4 Å². The van der Waals surface area contributed by atoms with E-state index in [2.05, 4.69) is 22.7 Å². The van der Waals surface area contributed by atoms with Gasteiger partial charge in [0.25, 0.3) is 0 Å². The van der Waals surface area contributed by atoms with E-state index in [4.69, 9.17) is 9.51 Å². The zero-order valence-electron chi connectivity index (χ0n) is 25.8. The smallest absolute Gasteiger partial charge is 0.227 e. The van der Waals surface area contributed by atoms with Crippen molar-refractivity contribution in [3.05, 3.63) is 65.3 Å². The number of halogens is 2. The van der Waals surface area contributed by atoms with Crippen LogP contribution in [0.2, 0.25) is 0 Å². The third-order valence-electron chi connectivity index (χ3n) is 9.31. The number of anilines is 1. The number of aryl methyl sites for hydroxylation is 2. The number of hydrogen-bond acceptors (Lipinski definition) is 5. The third kappa shape index (κ3) is 5.39. The van der Waals surface area contributed by atoms with Gasteiger partial charge in [-0.2, -0.15) is 0 Å². The van der Waals surface area contributed by atoms with E-state index in [1.54, 1.807) is 4.90 Å². The maximum atomic E-state index is 14.4. The molecule has 0 spiro atoms. The van der Waals surface area contributed by atoms with Gasteiger partial charge in [0, 0.05) is 49.3 Å². The molecule has 2 amide bonds. The monoisotopic (exact) mass is 603 g/mol. The van der Waals surface area contributed by atoms with Gasteiger partial charge in [-0.15, -0.1) is 0 Å². The first-order chi connectivity index (χ1) is 21.2. The Morgan fingerprint density at radius 3 is 2.50 bits per heavy atom. The number of amides is 2. The van der Waals surface area contributed by atoms with E-state index >= 15 is 0 Å². The minimum Gasteiger partial charge on any atom is -0.361 e. The van der Waals surface area contributed by atoms with Gasteiger partial charge in [0.15, 0.2) is 11.6 Å². The predicted octanol–water partition coefficient (Wildman–Crippen LogP) is 7.44. The predicted molar refractivity (Wildman–Crippen MR) is 164 cm³/mol. The van der Waals surface area contributed by atoms with Crippen LogP contribution in [0.15, 0.2) is 40.9 Å². The molecule has 1 aliphatic heterocycles. The molecule has 0 unspecified atom stereocenters. The third-order valence-corrected chi connectivity index (χ3v) is 9.31. The quantitative estimate of drug-likeness (QED) is 0.219. The average molecular weight is 604 g/mol. The fourth-order valence-corrected chi connectivity index (χ4v) is 7.20. The van der Waals surface area contributed by atoms with Crippen molar-refractivity contribution >= 4 is 28.5 Å². The van der Waals surface area contributed by atoms with Crippen molar-refractivity contribution in [3.63, 3.8) is 0 Å². The van der Waals surface area contributed by atoms with E-state index in [0.29, 0.717) is 24.9 Å². The van der Waals surface area contributed by atoms with Crippen LogP contribution in [0.3, 0.4) is 0 Å². The van der Waals surface area contributed by atoms with E-state index in [1.165, 1.54) is 6.07 Å². The van der Waals surface area contributed by atoms with Gasteiger partial charge in [0.2, 0.25) is 11.8 Å². The normalized spacial score (nSPS) is 20.8. The maximum absolute atomic E-state index is 14.4. The number of hydrogen-bond donors (Lipinski definition) is 0. The molecule has 44 heavy (non-hydrogen) atoms. The highest BCUT2D eigenvalue weighted by Gasteiger charge is 2.37. The van der Waals surface area contributed by atoms with Crippen LogP contribution in [0, 0.1) is 31.4 Å². The van der Waals surface area contributed by atoms with Crippen LogP contribution in [-0.2, 0) is 9.59 Å². The molecule has 10 heteroatoms. The average Bonchev–Trinajstić information content (AvgIpc) is 3.56. The van der Waals surface area contributed by atoms with Crippen LogP contribution in [0.5, 0.6) is 0 Å². The summed E-state index contributed by atoms with van der Waals surface area (Å²) in [4.78, 5) is 35.1. The molecule has 2 aliphatic rings. The van der Waals surface area contributed by atoms with Crippen LogP contribution < -0.4 is 4.90 Å². The zero-order valence-corrected chi connectivity index (χ0v) is 25.8. The molecule has 8 nitrogen and oxygen atoms in total. The summed E-state index contributed by atoms with van der Waals surface area (Å²) in [5.74, 6) is -0.449. The largest absolute Gasteiger partial charge is 0.361 e. The van der Waals surface area contributed by atoms with Crippen LogP contribution in [-0.4, -0.2) is 45.0 Å². The molecule has 1 saturated carbocycles. The van der Waals surface area contributed by atoms with Gasteiger partial charge in [-0.3, -0.25) is 9.59 Å². The number of rotatable bonds is 7. The lowest BCUT2D eigenvalue weighted by Gasteiger charge is -2.38. The molecule has 0 radical (unpaired) electrons. The number of fused-ring (bicyclic) bond motifs is 1. The highest BCUT2D eigenvalue weighted by atomic mass is 19.2. The number of nitrogens with zero attached hydrogens (tertiary/aromatic N) is 5. The lowest BCUT2D eigenvalue weighted by Crippen LogP contribution is -2.40. The van der Waals surface area contributed by atoms with Gasteiger partial charge in [0.05, 0.1) is 22.8 Å². The first-order valence-electron chi connectivity index (χ1n) is 15.6. The zero-order chi connectivity index (χ0) is 31.1. The standard InChI is InChI=1S/C34H39F2N5O3/c1-5-17-39(4)34(43)22-9-12-24(13-10-22)41-29-16-11-23(32-20(2)38-44-21(32)3)18-28(29)37-33(41)30-7-6-8-31(42)40(30)25-14-15-26(35)27(36)19-25/h11,14-16,18-19,22,24,30H,5-10,12-13,17H2,1-4H3/t22?,24?,30-/m0/s1. The molecule has 1 saturated heterocycles. The highest BCUT2D eigenvalue weighted by Crippen LogP contribution is 2.42. The van der Waals surface area contributed by atoms with Gasteiger partial charge < -0.3 is 18.9 Å². The molecule has 0 bridgehead atoms. The lowest BCUT2D eigenvalue weighted by atomic mass is 9.84. The molecule has 1 aliphatic carbocycles. The van der Waals surface area contributed by atoms with Crippen molar-refractivity contribution in [2.24, 2.45) is 5.92 Å². The molecule has 0 N–H and O–H groups in total. The van der Waals surface area contributed by atoms with Crippen molar-refractivity contribution in [3.8, 4) is 11.1 Å². The maximum Gasteiger partial charge on any atom is 0.227 e. The molecule has 1 atom stereocenters. The van der Waals surface area contributed by atoms with Crippen LogP contribution in [0.25, 0.3) is 22.2 Å². The number of aromatic nitrogens is 3. The van der Waals surface area contributed by atoms with Crippen molar-refractivity contribution in [1.29, 1.82) is 0 Å². The van der Waals surface area contributed by atoms with Gasteiger partial charge in [-0.05, 0) is 88.6 Å². The number of imidazole rings is 1. The summed E-state index contributed by atoms with van der Waals surface area (Å²) in [6.45, 7) is 6.61. The summed E-state index contributed by atoms with van der Waals surface area (Å²) in [6, 6.07) is 9.38. The first kappa shape index (κ1) is 30.0. The molecular formula is C34H39F2N5O3. The summed E-state index contributed by atoms with van der Waals surface area (Å²) < 4.78 is 36.0. The fraction of sp³-hybridized carbons (Fsp3) is 0.471. The van der Waals surface area contributed by atoms with E-state index in [1.807, 2.05) is 37.9 Å². The molecule has 232 valence electrons. The Morgan fingerprint density at radius 1 is 1.05 bits per heavy atom. The van der Waals surface area contributed by atoms with E-state index in [-0.39, 0.29) is 23.8 Å². The Labute approximate surface area is 256 Å². The highest BCUT2D eigenvalue weighted by molar-refractivity contribution is 5.95. The molecule has 4 aromatic rings. The Bertz CT molecular complexity index is 1680. The van der Waals surface area contributed by atoms with Crippen LogP contribution in [0.1, 0.15) is 87.7 Å². The topological polar surface area (TPSA) is 84.5 Å². The molecule has 2 aromatic heterocycles. The van der Waals surface area contributed by atoms with Crippen molar-refractivity contribution in [1.82, 2.24) is 19.6 Å². The van der Waals surface area contributed by atoms with Gasteiger partial charge in [-0.25, -0.2) is 13.8 Å². The summed E-state index contributed by atoms with van der Waals surface area (Å²) >= 11 is 0. The number of benzene rings is 2. The minimum atomic E-state index is -0.992. The summed E-state index contributed by atoms with van der Waals surface area (Å²) in [5, 5.41) is 4.12. The van der Waals surface area contributed by atoms with Gasteiger partial charge in [-0.1, -0.05) is 18.1 Å². The van der Waals surface area contributed by atoms with Crippen LogP contribution >= 0.6 is 0 Å². The van der Waals surface area contributed by atoms with Gasteiger partial charge in [0.1, 0.15) is 11.6 Å². The molecule has 2 fully saturated rings. The number of piperidine rings is 1.